The Morgan fingerprint density at radius 3 is 2.39 bits per heavy atom. The predicted octanol–water partition coefficient (Wildman–Crippen LogP) is 1.59. The van der Waals surface area contributed by atoms with Crippen LogP contribution in [0.1, 0.15) is 93.0 Å². The highest BCUT2D eigenvalue weighted by Gasteiger charge is 2.37. The Labute approximate surface area is 386 Å². The summed E-state index contributed by atoms with van der Waals surface area (Å²) in [6.07, 6.45) is 5.31. The average Bonchev–Trinajstić information content (AvgIpc) is 3.21. The monoisotopic (exact) mass is 961 g/mol. The maximum atomic E-state index is 14.2. The number of benzene rings is 2. The molecule has 1 fully saturated rings. The van der Waals surface area contributed by atoms with E-state index in [1.54, 1.807) is 51.1 Å². The molecule has 22 nitrogen and oxygen atoms in total. The number of hydrazone groups is 1. The number of likely N-dealkylation sites (N-methyl/N-ethyl adjacent to an activating group) is 1. The Hall–Kier alpha value is -5.85. The molecular formula is C42H63N11O11S2. The molecule has 3 amide bonds. The van der Waals surface area contributed by atoms with E-state index in [9.17, 15) is 41.3 Å². The van der Waals surface area contributed by atoms with Gasteiger partial charge in [0.25, 0.3) is 16.0 Å². The minimum atomic E-state index is -4.43. The summed E-state index contributed by atoms with van der Waals surface area (Å²) in [5.74, 6) is -2.50. The van der Waals surface area contributed by atoms with Gasteiger partial charge < -0.3 is 47.1 Å². The summed E-state index contributed by atoms with van der Waals surface area (Å²) in [7, 11) is -7.20. The van der Waals surface area contributed by atoms with E-state index >= 15 is 0 Å². The lowest BCUT2D eigenvalue weighted by atomic mass is 9.94. The van der Waals surface area contributed by atoms with Crippen LogP contribution < -0.4 is 37.3 Å². The van der Waals surface area contributed by atoms with Crippen LogP contribution in [0.25, 0.3) is 6.08 Å². The van der Waals surface area contributed by atoms with E-state index in [0.717, 1.165) is 4.90 Å². The Morgan fingerprint density at radius 2 is 1.73 bits per heavy atom. The molecule has 2 aliphatic heterocycles. The lowest BCUT2D eigenvalue weighted by Crippen LogP contribution is -2.61. The highest BCUT2D eigenvalue weighted by atomic mass is 32.2. The summed E-state index contributed by atoms with van der Waals surface area (Å²) in [4.78, 5) is 52.1. The fourth-order valence-electron chi connectivity index (χ4n) is 7.73. The number of carbonyl (C=O) groups excluding carboxylic acids is 3. The second kappa shape index (κ2) is 23.1. The van der Waals surface area contributed by atoms with Crippen LogP contribution in [-0.2, 0) is 44.9 Å². The van der Waals surface area contributed by atoms with Crippen molar-refractivity contribution in [2.75, 3.05) is 33.3 Å². The minimum absolute atomic E-state index is 0.00692. The lowest BCUT2D eigenvalue weighted by molar-refractivity contribution is -0.485. The van der Waals surface area contributed by atoms with Crippen LogP contribution in [0.3, 0.4) is 0 Å². The molecule has 0 aliphatic carbocycles. The standard InChI is InChI=1S/C42H63N11O11S2/c1-27-28(2)37(29(3)31-20-21-42(4,5)64-36(27)31)66(61,62)50-41(45)52-23-14-18-33(39(52)63-24-12-8-11-19-34(43)54)47-35(55)25-51(6)38(56)32(17-13-22-46-40(44)48-53(57)58)49-65(59,60)26-30-15-9-7-10-16-30/h7,9-10,15-16,20-21,32-33,39,49H,8,11-14,17-19,22-26H2,1-6H3,(H2,43,54)(H2,45,50)(H,47,55)(H3,44,46,48)/t32-,33+,39?/m1/s1. The summed E-state index contributed by atoms with van der Waals surface area (Å²) in [6, 6.07) is 6.18. The molecule has 2 aromatic carbocycles. The third kappa shape index (κ3) is 15.1. The van der Waals surface area contributed by atoms with Gasteiger partial charge in [0, 0.05) is 38.7 Å². The van der Waals surface area contributed by atoms with Crippen molar-refractivity contribution in [2.45, 2.75) is 121 Å². The molecule has 0 bridgehead atoms. The highest BCUT2D eigenvalue weighted by molar-refractivity contribution is 7.90. The largest absolute Gasteiger partial charge is 0.483 e. The van der Waals surface area contributed by atoms with Crippen LogP contribution in [-0.4, -0.2) is 119 Å². The molecule has 364 valence electrons. The number of hydrogen-bond acceptors (Lipinski definition) is 11. The first kappa shape index (κ1) is 52.8. The van der Waals surface area contributed by atoms with Crippen LogP contribution >= 0.6 is 0 Å². The van der Waals surface area contributed by atoms with E-state index in [1.807, 2.05) is 26.0 Å². The number of nitro groups is 1. The Balaban J connectivity index is 1.55. The molecular weight excluding hydrogens is 899 g/mol. The van der Waals surface area contributed by atoms with Crippen molar-refractivity contribution in [1.82, 2.24) is 25.2 Å². The number of fused-ring (bicyclic) bond motifs is 1. The summed E-state index contributed by atoms with van der Waals surface area (Å²) in [5.41, 5.74) is 19.4. The number of amides is 3. The number of sulfonamides is 2. The molecule has 1 unspecified atom stereocenters. The van der Waals surface area contributed by atoms with Crippen LogP contribution in [0.15, 0.2) is 50.8 Å². The second-order valence-electron chi connectivity index (χ2n) is 16.9. The van der Waals surface area contributed by atoms with Crippen molar-refractivity contribution in [3.8, 4) is 5.75 Å². The maximum Gasteiger partial charge on any atom is 0.286 e. The molecule has 0 saturated carbocycles. The lowest BCUT2D eigenvalue weighted by Gasteiger charge is -2.41. The van der Waals surface area contributed by atoms with Gasteiger partial charge in [0.1, 0.15) is 22.5 Å². The number of unbranched alkanes of at least 4 members (excludes halogenated alkanes) is 2. The smallest absolute Gasteiger partial charge is 0.286 e. The SMILES string of the molecule is Cc1c(C)c(S(=O)(=O)/N=C(\N)N2CCC[C@H](NC(=O)CN(C)C(=O)[C@@H](CCCN/C(N)=N\[N+](=O)[O-])NS(=O)(=O)Cc3ccccc3)C2OCCCCCC(N)=O)c(C)c2c1OC(C)(C)C=C2. The molecule has 0 aromatic heterocycles. The van der Waals surface area contributed by atoms with Gasteiger partial charge in [-0.15, -0.1) is 4.40 Å². The average molecular weight is 962 g/mol. The second-order valence-corrected chi connectivity index (χ2v) is 20.2. The summed E-state index contributed by atoms with van der Waals surface area (Å²) in [6.45, 7) is 8.80. The fourth-order valence-corrected chi connectivity index (χ4v) is 10.6. The van der Waals surface area contributed by atoms with Gasteiger partial charge in [0.15, 0.2) is 11.3 Å². The number of piperidine rings is 1. The predicted molar refractivity (Wildman–Crippen MR) is 248 cm³/mol. The first-order valence-corrected chi connectivity index (χ1v) is 24.6. The number of nitrogens with two attached hydrogens (primary N) is 3. The number of nitrogens with zero attached hydrogens (tertiary/aromatic N) is 5. The van der Waals surface area contributed by atoms with Gasteiger partial charge in [0.05, 0.1) is 23.2 Å². The third-order valence-electron chi connectivity index (χ3n) is 11.0. The van der Waals surface area contributed by atoms with Gasteiger partial charge in [-0.25, -0.2) is 23.3 Å². The first-order valence-electron chi connectivity index (χ1n) is 21.5. The molecule has 0 radical (unpaired) electrons. The zero-order chi connectivity index (χ0) is 49.0. The van der Waals surface area contributed by atoms with E-state index in [0.29, 0.717) is 65.7 Å². The van der Waals surface area contributed by atoms with Crippen molar-refractivity contribution in [1.29, 1.82) is 0 Å². The number of rotatable bonds is 22. The van der Waals surface area contributed by atoms with Gasteiger partial charge >= 0.3 is 0 Å². The Morgan fingerprint density at radius 1 is 1.03 bits per heavy atom. The van der Waals surface area contributed by atoms with Crippen molar-refractivity contribution in [3.63, 3.8) is 0 Å². The third-order valence-corrected chi connectivity index (χ3v) is 13.9. The topological polar surface area (TPSA) is 326 Å². The number of hydrogen-bond donors (Lipinski definition) is 6. The summed E-state index contributed by atoms with van der Waals surface area (Å²) >= 11 is 0. The molecule has 0 spiro atoms. The van der Waals surface area contributed by atoms with Crippen molar-refractivity contribution in [3.05, 3.63) is 74.3 Å². The normalized spacial score (nSPS) is 17.9. The van der Waals surface area contributed by atoms with Crippen molar-refractivity contribution in [2.24, 2.45) is 26.7 Å². The minimum Gasteiger partial charge on any atom is -0.483 e. The van der Waals surface area contributed by atoms with Crippen LogP contribution in [0, 0.1) is 30.9 Å². The van der Waals surface area contributed by atoms with E-state index in [4.69, 9.17) is 26.7 Å². The fraction of sp³-hybridized carbons (Fsp3) is 0.548. The zero-order valence-corrected chi connectivity index (χ0v) is 39.9. The van der Waals surface area contributed by atoms with Crippen molar-refractivity contribution < 1.29 is 45.7 Å². The quantitative estimate of drug-likeness (QED) is 0.0321. The molecule has 66 heavy (non-hydrogen) atoms. The maximum absolute atomic E-state index is 14.2. The summed E-state index contributed by atoms with van der Waals surface area (Å²) in [5, 5.41) is 18.1. The molecule has 24 heteroatoms. The van der Waals surface area contributed by atoms with Gasteiger partial charge in [0.2, 0.25) is 33.7 Å². The number of nitrogens with one attached hydrogen (secondary N) is 3. The highest BCUT2D eigenvalue weighted by Crippen LogP contribution is 2.41. The van der Waals surface area contributed by atoms with Gasteiger partial charge in [-0.05, 0) is 101 Å². The molecule has 2 aromatic rings. The number of likely N-dealkylation sites (tertiary alicyclic amines) is 1. The number of ether oxygens (including phenoxy) is 2. The van der Waals surface area contributed by atoms with Crippen LogP contribution in [0.5, 0.6) is 5.75 Å². The Kier molecular flexibility index (Phi) is 18.4. The van der Waals surface area contributed by atoms with E-state index < -0.39 is 85.0 Å². The van der Waals surface area contributed by atoms with Crippen LogP contribution in [0.4, 0.5) is 0 Å². The number of guanidine groups is 2. The van der Waals surface area contributed by atoms with Crippen LogP contribution in [0.2, 0.25) is 0 Å². The molecule has 4 rings (SSSR count). The zero-order valence-electron chi connectivity index (χ0n) is 38.2. The molecule has 9 N–H and O–H groups in total. The molecule has 1 saturated heterocycles. The number of primary amides is 1. The number of carbonyl (C=O) groups is 3. The molecule has 2 aliphatic rings. The van der Waals surface area contributed by atoms with Gasteiger partial charge in [-0.2, -0.15) is 8.42 Å². The summed E-state index contributed by atoms with van der Waals surface area (Å²) < 4.78 is 74.0. The van der Waals surface area contributed by atoms with E-state index in [2.05, 4.69) is 24.9 Å². The van der Waals surface area contributed by atoms with E-state index in [1.165, 1.54) is 11.9 Å². The molecule has 2 heterocycles. The van der Waals surface area contributed by atoms with Crippen molar-refractivity contribution >= 4 is 55.8 Å². The van der Waals surface area contributed by atoms with Gasteiger partial charge in [-0.3, -0.25) is 14.4 Å². The first-order chi connectivity index (χ1) is 30.9. The van der Waals surface area contributed by atoms with Gasteiger partial charge in [-0.1, -0.05) is 42.8 Å². The van der Waals surface area contributed by atoms with E-state index in [-0.39, 0.29) is 49.8 Å². The molecule has 3 atom stereocenters. The Bertz CT molecular complexity index is 2410.